The molecule has 2 aromatic carbocycles. The van der Waals surface area contributed by atoms with Crippen LogP contribution in [0, 0.1) is 6.92 Å². The van der Waals surface area contributed by atoms with Gasteiger partial charge in [-0.05, 0) is 42.3 Å². The Morgan fingerprint density at radius 3 is 2.67 bits per heavy atom. The second-order valence-electron chi connectivity index (χ2n) is 5.07. The number of nitrogens with zero attached hydrogens (tertiary/aromatic N) is 1. The Balaban J connectivity index is 1.80. The van der Waals surface area contributed by atoms with Gasteiger partial charge in [0.25, 0.3) is 5.91 Å². The molecule has 0 fully saturated rings. The number of rotatable bonds is 8. The minimum Gasteiger partial charge on any atom is -0.490 e. The van der Waals surface area contributed by atoms with Crippen LogP contribution in [-0.4, -0.2) is 25.3 Å². The van der Waals surface area contributed by atoms with Gasteiger partial charge in [-0.15, -0.1) is 0 Å². The minimum atomic E-state index is -0.327. The van der Waals surface area contributed by atoms with Gasteiger partial charge in [0.05, 0.1) is 6.21 Å². The van der Waals surface area contributed by atoms with Crippen molar-refractivity contribution in [3.63, 3.8) is 0 Å². The number of benzene rings is 2. The number of aryl methyl sites for hydroxylation is 1. The lowest BCUT2D eigenvalue weighted by Crippen LogP contribution is -2.24. The van der Waals surface area contributed by atoms with Crippen molar-refractivity contribution < 1.29 is 14.3 Å². The van der Waals surface area contributed by atoms with Crippen molar-refractivity contribution >= 4 is 12.1 Å². The molecule has 0 saturated heterocycles. The van der Waals surface area contributed by atoms with Crippen LogP contribution >= 0.6 is 0 Å². The van der Waals surface area contributed by atoms with E-state index in [0.717, 1.165) is 11.1 Å². The second-order valence-corrected chi connectivity index (χ2v) is 5.07. The molecule has 24 heavy (non-hydrogen) atoms. The van der Waals surface area contributed by atoms with E-state index in [0.29, 0.717) is 18.1 Å². The maximum atomic E-state index is 11.7. The molecule has 0 aliphatic heterocycles. The monoisotopic (exact) mass is 324 g/mol. The highest BCUT2D eigenvalue weighted by Gasteiger charge is 2.01. The van der Waals surface area contributed by atoms with E-state index in [1.54, 1.807) is 18.4 Å². The van der Waals surface area contributed by atoms with Gasteiger partial charge in [0, 0.05) is 0 Å². The zero-order valence-corrected chi connectivity index (χ0v) is 13.6. The summed E-state index contributed by atoms with van der Waals surface area (Å²) in [5.41, 5.74) is 4.32. The van der Waals surface area contributed by atoms with E-state index in [-0.39, 0.29) is 12.5 Å². The van der Waals surface area contributed by atoms with Crippen molar-refractivity contribution in [2.75, 3.05) is 13.2 Å². The average Bonchev–Trinajstić information content (AvgIpc) is 2.59. The molecular weight excluding hydrogens is 304 g/mol. The van der Waals surface area contributed by atoms with Crippen molar-refractivity contribution in [2.24, 2.45) is 5.10 Å². The van der Waals surface area contributed by atoms with E-state index in [4.69, 9.17) is 9.47 Å². The first-order valence-corrected chi connectivity index (χ1v) is 7.52. The molecule has 1 N–H and O–H groups in total. The lowest BCUT2D eigenvalue weighted by Gasteiger charge is -2.05. The average molecular weight is 324 g/mol. The van der Waals surface area contributed by atoms with E-state index in [9.17, 15) is 4.79 Å². The summed E-state index contributed by atoms with van der Waals surface area (Å²) in [7, 11) is 0. The third kappa shape index (κ3) is 5.96. The third-order valence-electron chi connectivity index (χ3n) is 2.99. The van der Waals surface area contributed by atoms with E-state index in [1.165, 1.54) is 0 Å². The minimum absolute atomic E-state index is 0.0940. The molecule has 0 aliphatic carbocycles. The molecule has 5 heteroatoms. The molecule has 5 nitrogen and oxygen atoms in total. The molecule has 0 bridgehead atoms. The van der Waals surface area contributed by atoms with Gasteiger partial charge in [0.2, 0.25) is 0 Å². The van der Waals surface area contributed by atoms with Crippen LogP contribution in [-0.2, 0) is 4.79 Å². The van der Waals surface area contributed by atoms with Gasteiger partial charge in [-0.25, -0.2) is 5.43 Å². The Morgan fingerprint density at radius 2 is 1.92 bits per heavy atom. The van der Waals surface area contributed by atoms with Crippen LogP contribution in [0.2, 0.25) is 0 Å². The molecular formula is C19H20N2O3. The van der Waals surface area contributed by atoms with E-state index < -0.39 is 0 Å². The predicted octanol–water partition coefficient (Wildman–Crippen LogP) is 3.09. The summed E-state index contributed by atoms with van der Waals surface area (Å²) >= 11 is 0. The van der Waals surface area contributed by atoms with Gasteiger partial charge in [-0.1, -0.05) is 36.9 Å². The van der Waals surface area contributed by atoms with Crippen molar-refractivity contribution in [3.05, 3.63) is 72.3 Å². The number of ether oxygens (including phenoxy) is 2. The van der Waals surface area contributed by atoms with Gasteiger partial charge in [-0.3, -0.25) is 4.79 Å². The van der Waals surface area contributed by atoms with Crippen molar-refractivity contribution in [3.8, 4) is 11.5 Å². The van der Waals surface area contributed by atoms with Crippen molar-refractivity contribution in [1.29, 1.82) is 0 Å². The van der Waals surface area contributed by atoms with E-state index >= 15 is 0 Å². The molecule has 0 spiro atoms. The smallest absolute Gasteiger partial charge is 0.277 e. The second kappa shape index (κ2) is 9.15. The largest absolute Gasteiger partial charge is 0.490 e. The zero-order valence-electron chi connectivity index (χ0n) is 13.6. The normalized spacial score (nSPS) is 10.4. The summed E-state index contributed by atoms with van der Waals surface area (Å²) in [6.45, 7) is 5.91. The number of hydrogen-bond donors (Lipinski definition) is 1. The molecule has 0 aliphatic rings. The summed E-state index contributed by atoms with van der Waals surface area (Å²) in [4.78, 5) is 11.7. The summed E-state index contributed by atoms with van der Waals surface area (Å²) in [5.74, 6) is 1.04. The van der Waals surface area contributed by atoms with E-state index in [2.05, 4.69) is 17.1 Å². The highest BCUT2D eigenvalue weighted by atomic mass is 16.5. The van der Waals surface area contributed by atoms with Gasteiger partial charge in [-0.2, -0.15) is 5.10 Å². The maximum Gasteiger partial charge on any atom is 0.277 e. The van der Waals surface area contributed by atoms with Crippen LogP contribution in [0.15, 0.2) is 66.3 Å². The highest BCUT2D eigenvalue weighted by Crippen LogP contribution is 2.12. The van der Waals surface area contributed by atoms with Crippen molar-refractivity contribution in [2.45, 2.75) is 6.92 Å². The quantitative estimate of drug-likeness (QED) is 0.461. The summed E-state index contributed by atoms with van der Waals surface area (Å²) < 4.78 is 10.8. The number of hydrogen-bond acceptors (Lipinski definition) is 4. The Morgan fingerprint density at radius 1 is 1.17 bits per heavy atom. The molecule has 0 heterocycles. The predicted molar refractivity (Wildman–Crippen MR) is 94.5 cm³/mol. The topological polar surface area (TPSA) is 59.9 Å². The first-order chi connectivity index (χ1) is 11.7. The molecule has 1 amide bonds. The van der Waals surface area contributed by atoms with Crippen LogP contribution in [0.5, 0.6) is 11.5 Å². The third-order valence-corrected chi connectivity index (χ3v) is 2.99. The zero-order chi connectivity index (χ0) is 17.2. The lowest BCUT2D eigenvalue weighted by atomic mass is 10.2. The molecule has 124 valence electrons. The highest BCUT2D eigenvalue weighted by molar-refractivity contribution is 5.83. The number of carbonyl (C=O) groups excluding carboxylic acids is 1. The van der Waals surface area contributed by atoms with E-state index in [1.807, 2.05) is 49.4 Å². The fourth-order valence-electron chi connectivity index (χ4n) is 1.90. The first kappa shape index (κ1) is 17.3. The Bertz CT molecular complexity index is 726. The van der Waals surface area contributed by atoms with Crippen LogP contribution < -0.4 is 14.9 Å². The number of carbonyl (C=O) groups is 1. The number of amides is 1. The van der Waals surface area contributed by atoms with Crippen LogP contribution in [0.25, 0.3) is 0 Å². The SMILES string of the molecule is C=CCOc1cccc(/C=N\NC(=O)COc2cccc(C)c2)c1. The Kier molecular flexibility index (Phi) is 6.58. The Hall–Kier alpha value is -3.08. The molecule has 0 unspecified atom stereocenters. The number of nitrogens with one attached hydrogen (secondary N) is 1. The summed E-state index contributed by atoms with van der Waals surface area (Å²) in [6.07, 6.45) is 3.22. The molecule has 0 atom stereocenters. The van der Waals surface area contributed by atoms with Crippen LogP contribution in [0.3, 0.4) is 0 Å². The molecule has 0 saturated carbocycles. The molecule has 2 rings (SSSR count). The van der Waals surface area contributed by atoms with Gasteiger partial charge >= 0.3 is 0 Å². The molecule has 2 aromatic rings. The van der Waals surface area contributed by atoms with Crippen LogP contribution in [0.1, 0.15) is 11.1 Å². The summed E-state index contributed by atoms with van der Waals surface area (Å²) in [6, 6.07) is 14.9. The first-order valence-electron chi connectivity index (χ1n) is 7.52. The molecule has 0 aromatic heterocycles. The Labute approximate surface area is 141 Å². The van der Waals surface area contributed by atoms with Gasteiger partial charge < -0.3 is 9.47 Å². The van der Waals surface area contributed by atoms with Crippen LogP contribution in [0.4, 0.5) is 0 Å². The van der Waals surface area contributed by atoms with Crippen molar-refractivity contribution in [1.82, 2.24) is 5.43 Å². The summed E-state index contributed by atoms with van der Waals surface area (Å²) in [5, 5.41) is 3.91. The molecule has 0 radical (unpaired) electrons. The fourth-order valence-corrected chi connectivity index (χ4v) is 1.90. The number of hydrazone groups is 1. The standard InChI is InChI=1S/C19H20N2O3/c1-3-10-23-18-9-5-7-16(12-18)13-20-21-19(22)14-24-17-8-4-6-15(2)11-17/h3-9,11-13H,1,10,14H2,2H3,(H,21,22)/b20-13-. The fraction of sp³-hybridized carbons (Fsp3) is 0.158. The maximum absolute atomic E-state index is 11.7. The van der Waals surface area contributed by atoms with Gasteiger partial charge in [0.1, 0.15) is 18.1 Å². The lowest BCUT2D eigenvalue weighted by molar-refractivity contribution is -0.123. The van der Waals surface area contributed by atoms with Gasteiger partial charge in [0.15, 0.2) is 6.61 Å².